The van der Waals surface area contributed by atoms with Crippen molar-refractivity contribution in [1.82, 2.24) is 0 Å². The van der Waals surface area contributed by atoms with E-state index >= 15 is 0 Å². The normalized spacial score (nSPS) is 16.7. The van der Waals surface area contributed by atoms with E-state index in [1.54, 1.807) is 0 Å². The second-order valence-electron chi connectivity index (χ2n) is 5.51. The molecule has 1 aliphatic carbocycles. The second-order valence-corrected chi connectivity index (χ2v) is 5.51. The molecule has 2 nitrogen and oxygen atoms in total. The van der Waals surface area contributed by atoms with Gasteiger partial charge in [-0.1, -0.05) is 0 Å². The molecule has 0 saturated heterocycles. The van der Waals surface area contributed by atoms with Gasteiger partial charge in [-0.15, -0.1) is 0 Å². The molecule has 0 heterocycles. The van der Waals surface area contributed by atoms with Crippen LogP contribution in [0.5, 0.6) is 5.75 Å². The highest BCUT2D eigenvalue weighted by Crippen LogP contribution is 2.25. The Balaban J connectivity index is 1.93. The zero-order valence-electron chi connectivity index (χ0n) is 10.4. The predicted octanol–water partition coefficient (Wildman–Crippen LogP) is 3.83. The molecule has 0 spiro atoms. The van der Waals surface area contributed by atoms with Gasteiger partial charge in [0.25, 0.3) is 0 Å². The Morgan fingerprint density at radius 1 is 1.12 bits per heavy atom. The monoisotopic (exact) mass is 219 g/mol. The van der Waals surface area contributed by atoms with E-state index in [0.29, 0.717) is 6.04 Å². The molecule has 0 aliphatic heterocycles. The van der Waals surface area contributed by atoms with Gasteiger partial charge >= 0.3 is 0 Å². The van der Waals surface area contributed by atoms with E-state index in [1.807, 2.05) is 12.1 Å². The molecule has 1 fully saturated rings. The number of anilines is 1. The van der Waals surface area contributed by atoms with Gasteiger partial charge in [-0.25, -0.2) is 0 Å². The van der Waals surface area contributed by atoms with Gasteiger partial charge in [0, 0.05) is 11.7 Å². The van der Waals surface area contributed by atoms with Crippen molar-refractivity contribution in [2.75, 3.05) is 5.32 Å². The lowest BCUT2D eigenvalue weighted by atomic mass is 9.93. The molecule has 0 bridgehead atoms. The maximum absolute atomic E-state index is 5.77. The van der Waals surface area contributed by atoms with E-state index in [4.69, 9.17) is 4.74 Å². The van der Waals surface area contributed by atoms with Crippen molar-refractivity contribution in [1.29, 1.82) is 0 Å². The molecule has 1 N–H and O–H groups in total. The van der Waals surface area contributed by atoms with E-state index in [2.05, 4.69) is 38.2 Å². The van der Waals surface area contributed by atoms with Gasteiger partial charge in [-0.2, -0.15) is 0 Å². The first-order valence-corrected chi connectivity index (χ1v) is 6.08. The first-order valence-electron chi connectivity index (χ1n) is 6.08. The molecule has 0 unspecified atom stereocenters. The molecule has 2 heteroatoms. The lowest BCUT2D eigenvalue weighted by Gasteiger charge is -2.27. The van der Waals surface area contributed by atoms with Crippen molar-refractivity contribution in [3.05, 3.63) is 24.3 Å². The molecule has 1 saturated carbocycles. The zero-order chi connectivity index (χ0) is 11.6. The van der Waals surface area contributed by atoms with Crippen molar-refractivity contribution < 1.29 is 4.74 Å². The van der Waals surface area contributed by atoms with Crippen LogP contribution in [-0.4, -0.2) is 11.6 Å². The lowest BCUT2D eigenvalue weighted by molar-refractivity contribution is 0.131. The van der Waals surface area contributed by atoms with Crippen LogP contribution in [0, 0.1) is 0 Å². The van der Waals surface area contributed by atoms with Gasteiger partial charge in [0.15, 0.2) is 0 Å². The minimum absolute atomic E-state index is 0.122. The minimum Gasteiger partial charge on any atom is -0.488 e. The van der Waals surface area contributed by atoms with Crippen LogP contribution in [0.1, 0.15) is 40.0 Å². The third-order valence-electron chi connectivity index (χ3n) is 2.75. The van der Waals surface area contributed by atoms with E-state index in [1.165, 1.54) is 24.9 Å². The summed E-state index contributed by atoms with van der Waals surface area (Å²) < 4.78 is 5.77. The fraction of sp³-hybridized carbons (Fsp3) is 0.571. The summed E-state index contributed by atoms with van der Waals surface area (Å²) >= 11 is 0. The Kier molecular flexibility index (Phi) is 3.08. The topological polar surface area (TPSA) is 21.3 Å². The van der Waals surface area contributed by atoms with Gasteiger partial charge in [-0.3, -0.25) is 0 Å². The van der Waals surface area contributed by atoms with E-state index in [9.17, 15) is 0 Å². The molecule has 1 aromatic rings. The summed E-state index contributed by atoms with van der Waals surface area (Å²) in [6.45, 7) is 6.19. The molecule has 16 heavy (non-hydrogen) atoms. The number of hydrogen-bond acceptors (Lipinski definition) is 2. The van der Waals surface area contributed by atoms with E-state index in [0.717, 1.165) is 5.75 Å². The van der Waals surface area contributed by atoms with Gasteiger partial charge < -0.3 is 10.1 Å². The second kappa shape index (κ2) is 4.36. The average molecular weight is 219 g/mol. The third-order valence-corrected chi connectivity index (χ3v) is 2.75. The van der Waals surface area contributed by atoms with Crippen molar-refractivity contribution in [3.8, 4) is 5.75 Å². The minimum atomic E-state index is -0.122. The fourth-order valence-electron chi connectivity index (χ4n) is 1.76. The number of rotatable bonds is 3. The van der Waals surface area contributed by atoms with Crippen LogP contribution in [0.25, 0.3) is 0 Å². The Hall–Kier alpha value is -1.18. The quantitative estimate of drug-likeness (QED) is 0.834. The van der Waals surface area contributed by atoms with Crippen molar-refractivity contribution >= 4 is 5.69 Å². The number of nitrogens with one attached hydrogen (secondary N) is 1. The molecular formula is C14H21NO. The summed E-state index contributed by atoms with van der Waals surface area (Å²) in [5, 5.41) is 3.51. The molecule has 0 atom stereocenters. The third kappa shape index (κ3) is 3.16. The number of benzene rings is 1. The highest BCUT2D eigenvalue weighted by Gasteiger charge is 2.16. The molecule has 0 radical (unpaired) electrons. The summed E-state index contributed by atoms with van der Waals surface area (Å²) in [6.07, 6.45) is 3.98. The maximum Gasteiger partial charge on any atom is 0.120 e. The van der Waals surface area contributed by atoms with Crippen LogP contribution in [-0.2, 0) is 0 Å². The Morgan fingerprint density at radius 3 is 2.19 bits per heavy atom. The van der Waals surface area contributed by atoms with E-state index < -0.39 is 0 Å². The Morgan fingerprint density at radius 2 is 1.75 bits per heavy atom. The number of ether oxygens (including phenoxy) is 1. The summed E-state index contributed by atoms with van der Waals surface area (Å²) in [5.41, 5.74) is 1.08. The highest BCUT2D eigenvalue weighted by atomic mass is 16.5. The van der Waals surface area contributed by atoms with Crippen molar-refractivity contribution in [2.24, 2.45) is 0 Å². The standard InChI is InChI=1S/C14H21NO/c1-14(2,3)16-13-9-7-12(8-10-13)15-11-5-4-6-11/h7-11,15H,4-6H2,1-3H3. The lowest BCUT2D eigenvalue weighted by Crippen LogP contribution is -2.27. The Bertz CT molecular complexity index is 333. The fourth-order valence-corrected chi connectivity index (χ4v) is 1.76. The van der Waals surface area contributed by atoms with Gasteiger partial charge in [0.05, 0.1) is 0 Å². The Labute approximate surface area is 98.0 Å². The molecule has 1 aromatic carbocycles. The van der Waals surface area contributed by atoms with Crippen molar-refractivity contribution in [3.63, 3.8) is 0 Å². The average Bonchev–Trinajstić information content (AvgIpc) is 2.11. The molecular weight excluding hydrogens is 198 g/mol. The van der Waals surface area contributed by atoms with Crippen LogP contribution in [0.4, 0.5) is 5.69 Å². The summed E-state index contributed by atoms with van der Waals surface area (Å²) in [6, 6.07) is 8.95. The first-order chi connectivity index (χ1) is 7.53. The molecule has 1 aliphatic rings. The molecule has 0 aromatic heterocycles. The highest BCUT2D eigenvalue weighted by molar-refractivity contribution is 5.47. The molecule has 2 rings (SSSR count). The smallest absolute Gasteiger partial charge is 0.120 e. The predicted molar refractivity (Wildman–Crippen MR) is 68.1 cm³/mol. The summed E-state index contributed by atoms with van der Waals surface area (Å²) in [5.74, 6) is 0.937. The summed E-state index contributed by atoms with van der Waals surface area (Å²) in [4.78, 5) is 0. The maximum atomic E-state index is 5.77. The van der Waals surface area contributed by atoms with Crippen LogP contribution in [0.2, 0.25) is 0 Å². The summed E-state index contributed by atoms with van der Waals surface area (Å²) in [7, 11) is 0. The van der Waals surface area contributed by atoms with Crippen LogP contribution < -0.4 is 10.1 Å². The van der Waals surface area contributed by atoms with Crippen molar-refractivity contribution in [2.45, 2.75) is 51.7 Å². The van der Waals surface area contributed by atoms with Crippen LogP contribution >= 0.6 is 0 Å². The first kappa shape index (κ1) is 11.3. The molecule has 88 valence electrons. The number of hydrogen-bond donors (Lipinski definition) is 1. The zero-order valence-corrected chi connectivity index (χ0v) is 10.4. The van der Waals surface area contributed by atoms with E-state index in [-0.39, 0.29) is 5.60 Å². The van der Waals surface area contributed by atoms with Gasteiger partial charge in [0.1, 0.15) is 11.4 Å². The van der Waals surface area contributed by atoms with Gasteiger partial charge in [-0.05, 0) is 64.3 Å². The van der Waals surface area contributed by atoms with Gasteiger partial charge in [0.2, 0.25) is 0 Å². The largest absolute Gasteiger partial charge is 0.488 e. The van der Waals surface area contributed by atoms with Crippen LogP contribution in [0.3, 0.4) is 0 Å². The SMILES string of the molecule is CC(C)(C)Oc1ccc(NC2CCC2)cc1. The van der Waals surface area contributed by atoms with Crippen LogP contribution in [0.15, 0.2) is 24.3 Å². The molecule has 0 amide bonds.